The van der Waals surface area contributed by atoms with E-state index in [0.29, 0.717) is 12.2 Å². The van der Waals surface area contributed by atoms with E-state index in [9.17, 15) is 18.0 Å². The molecule has 0 saturated carbocycles. The number of halogens is 4. The fraction of sp³-hybridized carbons (Fsp3) is 0.235. The van der Waals surface area contributed by atoms with Crippen molar-refractivity contribution in [3.8, 4) is 0 Å². The maximum absolute atomic E-state index is 12.6. The van der Waals surface area contributed by atoms with Crippen molar-refractivity contribution in [1.82, 2.24) is 4.90 Å². The molecule has 2 aromatic carbocycles. The first-order valence-electron chi connectivity index (χ1n) is 7.62. The molecule has 2 amide bonds. The summed E-state index contributed by atoms with van der Waals surface area (Å²) in [5.74, 6) is 0.829. The molecular weight excluding hydrogens is 449 g/mol. The third-order valence-corrected chi connectivity index (χ3v) is 6.17. The van der Waals surface area contributed by atoms with Gasteiger partial charge in [0, 0.05) is 27.4 Å². The average Bonchev–Trinajstić information content (AvgIpc) is 3.06. The Bertz CT molecular complexity index is 769. The van der Waals surface area contributed by atoms with Gasteiger partial charge in [-0.15, -0.1) is 11.8 Å². The van der Waals surface area contributed by atoms with E-state index in [4.69, 9.17) is 0 Å². The molecule has 1 heterocycles. The minimum Gasteiger partial charge on any atom is -0.308 e. The zero-order valence-corrected chi connectivity index (χ0v) is 16.5. The summed E-state index contributed by atoms with van der Waals surface area (Å²) in [7, 11) is 0. The Morgan fingerprint density at radius 1 is 1.15 bits per heavy atom. The molecule has 1 aliphatic heterocycles. The van der Waals surface area contributed by atoms with Gasteiger partial charge in [0.2, 0.25) is 0 Å². The topological polar surface area (TPSA) is 32.3 Å². The fourth-order valence-electron chi connectivity index (χ4n) is 2.52. The van der Waals surface area contributed by atoms with Crippen LogP contribution in [0.15, 0.2) is 57.9 Å². The van der Waals surface area contributed by atoms with E-state index in [0.717, 1.165) is 15.8 Å². The normalized spacial score (nSPS) is 17.4. The number of thioether (sulfide) groups is 2. The average molecular weight is 463 g/mol. The molecule has 1 aliphatic rings. The van der Waals surface area contributed by atoms with Gasteiger partial charge >= 0.3 is 11.5 Å². The summed E-state index contributed by atoms with van der Waals surface area (Å²) in [6.07, 6.45) is 0. The van der Waals surface area contributed by atoms with Crippen LogP contribution in [0.1, 0.15) is 10.9 Å². The molecule has 1 unspecified atom stereocenters. The molecule has 3 rings (SSSR count). The molecule has 2 aromatic rings. The van der Waals surface area contributed by atoms with Crippen molar-refractivity contribution in [3.05, 3.63) is 58.6 Å². The Morgan fingerprint density at radius 2 is 1.81 bits per heavy atom. The highest BCUT2D eigenvalue weighted by Crippen LogP contribution is 2.39. The molecule has 0 aromatic heterocycles. The van der Waals surface area contributed by atoms with Crippen molar-refractivity contribution in [2.75, 3.05) is 17.6 Å². The quantitative estimate of drug-likeness (QED) is 0.540. The predicted octanol–water partition coefficient (Wildman–Crippen LogP) is 6.34. The second-order valence-electron chi connectivity index (χ2n) is 5.47. The van der Waals surface area contributed by atoms with E-state index >= 15 is 0 Å². The van der Waals surface area contributed by atoms with Gasteiger partial charge in [0.15, 0.2) is 0 Å². The molecule has 9 heteroatoms. The van der Waals surface area contributed by atoms with E-state index in [1.54, 1.807) is 16.7 Å². The molecule has 1 fully saturated rings. The number of amides is 2. The molecule has 1 saturated heterocycles. The first kappa shape index (κ1) is 19.4. The van der Waals surface area contributed by atoms with E-state index < -0.39 is 5.51 Å². The SMILES string of the molecule is O=C(Nc1ccc(SC(F)(F)F)cc1)N1CCSC1c1ccc(Br)cc1. The Hall–Kier alpha value is -1.32. The molecule has 0 radical (unpaired) electrons. The van der Waals surface area contributed by atoms with Gasteiger partial charge in [-0.1, -0.05) is 28.1 Å². The number of rotatable bonds is 3. The van der Waals surface area contributed by atoms with Crippen molar-refractivity contribution >= 4 is 51.2 Å². The molecular formula is C17H14BrF3N2OS2. The Balaban J connectivity index is 1.66. The van der Waals surface area contributed by atoms with Gasteiger partial charge in [-0.25, -0.2) is 4.79 Å². The van der Waals surface area contributed by atoms with Gasteiger partial charge in [0.05, 0.1) is 0 Å². The number of carbonyl (C=O) groups is 1. The van der Waals surface area contributed by atoms with E-state index in [1.165, 1.54) is 24.3 Å². The Morgan fingerprint density at radius 3 is 2.42 bits per heavy atom. The fourth-order valence-corrected chi connectivity index (χ4v) is 4.58. The van der Waals surface area contributed by atoms with Crippen LogP contribution >= 0.6 is 39.5 Å². The Labute approximate surface area is 165 Å². The number of hydrogen-bond acceptors (Lipinski definition) is 3. The summed E-state index contributed by atoms with van der Waals surface area (Å²) < 4.78 is 38.1. The van der Waals surface area contributed by atoms with Crippen LogP contribution in [0.25, 0.3) is 0 Å². The van der Waals surface area contributed by atoms with Crippen LogP contribution in [0.4, 0.5) is 23.7 Å². The Kier molecular flexibility index (Phi) is 6.09. The largest absolute Gasteiger partial charge is 0.446 e. The van der Waals surface area contributed by atoms with Gasteiger partial charge in [-0.3, -0.25) is 0 Å². The number of anilines is 1. The second kappa shape index (κ2) is 8.14. The summed E-state index contributed by atoms with van der Waals surface area (Å²) >= 11 is 4.90. The van der Waals surface area contributed by atoms with Crippen LogP contribution in [0.2, 0.25) is 0 Å². The van der Waals surface area contributed by atoms with Gasteiger partial charge in [-0.05, 0) is 53.7 Å². The lowest BCUT2D eigenvalue weighted by molar-refractivity contribution is -0.0328. The second-order valence-corrected chi connectivity index (χ2v) is 8.71. The van der Waals surface area contributed by atoms with Gasteiger partial charge in [0.25, 0.3) is 0 Å². The number of benzene rings is 2. The third kappa shape index (κ3) is 5.11. The molecule has 26 heavy (non-hydrogen) atoms. The number of carbonyl (C=O) groups excluding carboxylic acids is 1. The molecule has 1 atom stereocenters. The van der Waals surface area contributed by atoms with Crippen LogP contribution in [-0.4, -0.2) is 28.7 Å². The maximum Gasteiger partial charge on any atom is 0.446 e. The number of nitrogens with zero attached hydrogens (tertiary/aromatic N) is 1. The van der Waals surface area contributed by atoms with E-state index in [1.807, 2.05) is 24.3 Å². The van der Waals surface area contributed by atoms with Crippen molar-refractivity contribution in [2.24, 2.45) is 0 Å². The molecule has 0 spiro atoms. The summed E-state index contributed by atoms with van der Waals surface area (Å²) in [6.45, 7) is 0.610. The molecule has 3 nitrogen and oxygen atoms in total. The van der Waals surface area contributed by atoms with Crippen LogP contribution in [0, 0.1) is 0 Å². The van der Waals surface area contributed by atoms with Gasteiger partial charge < -0.3 is 10.2 Å². The number of nitrogens with one attached hydrogen (secondary N) is 1. The summed E-state index contributed by atoms with van der Waals surface area (Å²) in [5, 5.41) is 2.68. The smallest absolute Gasteiger partial charge is 0.308 e. The number of hydrogen-bond donors (Lipinski definition) is 1. The molecule has 0 bridgehead atoms. The predicted molar refractivity (Wildman–Crippen MR) is 103 cm³/mol. The van der Waals surface area contributed by atoms with Crippen molar-refractivity contribution < 1.29 is 18.0 Å². The molecule has 0 aliphatic carbocycles. The first-order chi connectivity index (χ1) is 12.3. The highest BCUT2D eigenvalue weighted by molar-refractivity contribution is 9.10. The third-order valence-electron chi connectivity index (χ3n) is 3.65. The highest BCUT2D eigenvalue weighted by Gasteiger charge is 2.31. The summed E-state index contributed by atoms with van der Waals surface area (Å²) in [5.41, 5.74) is -2.83. The van der Waals surface area contributed by atoms with E-state index in [2.05, 4.69) is 21.2 Å². The highest BCUT2D eigenvalue weighted by atomic mass is 79.9. The van der Waals surface area contributed by atoms with Crippen LogP contribution < -0.4 is 5.32 Å². The van der Waals surface area contributed by atoms with Crippen molar-refractivity contribution in [3.63, 3.8) is 0 Å². The summed E-state index contributed by atoms with van der Waals surface area (Å²) in [6, 6.07) is 13.2. The van der Waals surface area contributed by atoms with Gasteiger partial charge in [0.1, 0.15) is 5.37 Å². The molecule has 138 valence electrons. The first-order valence-corrected chi connectivity index (χ1v) is 10.3. The minimum atomic E-state index is -4.32. The van der Waals surface area contributed by atoms with Crippen molar-refractivity contribution in [1.29, 1.82) is 0 Å². The lowest BCUT2D eigenvalue weighted by Gasteiger charge is -2.24. The maximum atomic E-state index is 12.6. The number of alkyl halides is 3. The standard InChI is InChI=1S/C17H14BrF3N2OS2/c18-12-3-1-11(2-4-12)15-23(9-10-25-15)16(24)22-13-5-7-14(8-6-13)26-17(19,20)21/h1-8,15H,9-10H2,(H,22,24). The zero-order valence-electron chi connectivity index (χ0n) is 13.3. The van der Waals surface area contributed by atoms with Crippen LogP contribution in [0.3, 0.4) is 0 Å². The lowest BCUT2D eigenvalue weighted by atomic mass is 10.2. The molecule has 1 N–H and O–H groups in total. The van der Waals surface area contributed by atoms with Crippen molar-refractivity contribution in [2.45, 2.75) is 15.8 Å². The lowest BCUT2D eigenvalue weighted by Crippen LogP contribution is -2.34. The van der Waals surface area contributed by atoms with Gasteiger partial charge in [-0.2, -0.15) is 13.2 Å². The minimum absolute atomic E-state index is 0.0804. The monoisotopic (exact) mass is 462 g/mol. The van der Waals surface area contributed by atoms with Crippen LogP contribution in [-0.2, 0) is 0 Å². The zero-order chi connectivity index (χ0) is 18.7. The summed E-state index contributed by atoms with van der Waals surface area (Å²) in [4.78, 5) is 14.4. The number of urea groups is 1. The van der Waals surface area contributed by atoms with E-state index in [-0.39, 0.29) is 28.1 Å². The van der Waals surface area contributed by atoms with Crippen LogP contribution in [0.5, 0.6) is 0 Å².